The first-order valence-electron chi connectivity index (χ1n) is 7.68. The van der Waals surface area contributed by atoms with Crippen molar-refractivity contribution in [3.63, 3.8) is 0 Å². The van der Waals surface area contributed by atoms with Crippen LogP contribution in [0, 0.1) is 0 Å². The molecular formula is C20H22N2. The average molecular weight is 290 g/mol. The molecule has 0 radical (unpaired) electrons. The summed E-state index contributed by atoms with van der Waals surface area (Å²) in [4.78, 5) is 2.18. The predicted octanol–water partition coefficient (Wildman–Crippen LogP) is 4.77. The second kappa shape index (κ2) is 6.20. The molecule has 3 aromatic rings. The highest BCUT2D eigenvalue weighted by Crippen LogP contribution is 2.31. The van der Waals surface area contributed by atoms with Gasteiger partial charge in [-0.1, -0.05) is 42.5 Å². The minimum Gasteiger partial charge on any atom is -0.310 e. The maximum atomic E-state index is 2.36. The molecule has 0 spiro atoms. The highest BCUT2D eigenvalue weighted by molar-refractivity contribution is 6.10. The van der Waals surface area contributed by atoms with E-state index in [1.54, 1.807) is 0 Å². The Morgan fingerprint density at radius 2 is 1.50 bits per heavy atom. The van der Waals surface area contributed by atoms with Crippen LogP contribution in [-0.4, -0.2) is 30.1 Å². The molecule has 0 aliphatic heterocycles. The fourth-order valence-corrected chi connectivity index (χ4v) is 2.88. The van der Waals surface area contributed by atoms with Crippen LogP contribution in [-0.2, 0) is 0 Å². The second-order valence-corrected chi connectivity index (χ2v) is 5.76. The molecule has 0 saturated carbocycles. The van der Waals surface area contributed by atoms with E-state index in [9.17, 15) is 0 Å². The molecule has 2 nitrogen and oxygen atoms in total. The highest BCUT2D eigenvalue weighted by Gasteiger charge is 2.11. The van der Waals surface area contributed by atoms with E-state index in [1.165, 1.54) is 27.5 Å². The summed E-state index contributed by atoms with van der Waals surface area (Å²) in [6, 6.07) is 17.2. The van der Waals surface area contributed by atoms with Crippen molar-refractivity contribution >= 4 is 27.5 Å². The molecule has 0 fully saturated rings. The van der Waals surface area contributed by atoms with Gasteiger partial charge in [-0.15, -0.1) is 0 Å². The van der Waals surface area contributed by atoms with Crippen molar-refractivity contribution in [3.8, 4) is 0 Å². The average Bonchev–Trinajstić information content (AvgIpc) is 2.86. The van der Waals surface area contributed by atoms with Crippen LogP contribution in [0.25, 0.3) is 27.5 Å². The monoisotopic (exact) mass is 290 g/mol. The van der Waals surface area contributed by atoms with E-state index in [0.29, 0.717) is 0 Å². The van der Waals surface area contributed by atoms with Crippen molar-refractivity contribution in [3.05, 3.63) is 66.8 Å². The van der Waals surface area contributed by atoms with Crippen LogP contribution >= 0.6 is 0 Å². The summed E-state index contributed by atoms with van der Waals surface area (Å²) in [5.41, 5.74) is 3.73. The molecule has 0 N–H and O–H groups in total. The van der Waals surface area contributed by atoms with Gasteiger partial charge in [0, 0.05) is 23.0 Å². The molecule has 112 valence electrons. The zero-order chi connectivity index (χ0) is 15.5. The van der Waals surface area contributed by atoms with Gasteiger partial charge in [-0.2, -0.15) is 0 Å². The number of para-hydroxylation sites is 2. The molecule has 1 heterocycles. The maximum Gasteiger partial charge on any atom is 0.0540 e. The number of hydrogen-bond acceptors (Lipinski definition) is 1. The third-order valence-corrected chi connectivity index (χ3v) is 3.84. The Balaban J connectivity index is 2.33. The molecule has 0 amide bonds. The normalized spacial score (nSPS) is 13.0. The van der Waals surface area contributed by atoms with Gasteiger partial charge in [0.25, 0.3) is 0 Å². The first-order valence-corrected chi connectivity index (χ1v) is 7.68. The molecule has 2 aromatic carbocycles. The van der Waals surface area contributed by atoms with Crippen molar-refractivity contribution in [2.75, 3.05) is 20.6 Å². The zero-order valence-electron chi connectivity index (χ0n) is 13.5. The standard InChI is InChI=1S/C20H22N2/c1-4-9-16(14-15-21(2)3)22-19-12-7-5-10-17(19)18-11-6-8-13-20(18)22/h4-14H,15H2,1-3H3/b9-4-,16-14+. The van der Waals surface area contributed by atoms with Crippen molar-refractivity contribution in [2.24, 2.45) is 0 Å². The first-order chi connectivity index (χ1) is 10.7. The molecule has 2 heteroatoms. The Hall–Kier alpha value is -2.32. The van der Waals surface area contributed by atoms with Gasteiger partial charge in [0.05, 0.1) is 11.0 Å². The van der Waals surface area contributed by atoms with Crippen LogP contribution in [0.1, 0.15) is 6.92 Å². The SMILES string of the molecule is C/C=C\C(=C/CN(C)C)n1c2ccccc2c2ccccc21. The number of allylic oxidation sites excluding steroid dienone is 3. The Kier molecular flexibility index (Phi) is 4.12. The smallest absolute Gasteiger partial charge is 0.0540 e. The highest BCUT2D eigenvalue weighted by atomic mass is 15.1. The summed E-state index contributed by atoms with van der Waals surface area (Å²) in [7, 11) is 4.19. The zero-order valence-corrected chi connectivity index (χ0v) is 13.5. The Labute approximate surface area is 132 Å². The molecule has 1 aromatic heterocycles. The fraction of sp³-hybridized carbons (Fsp3) is 0.200. The lowest BCUT2D eigenvalue weighted by molar-refractivity contribution is 0.456. The van der Waals surface area contributed by atoms with Crippen LogP contribution in [0.4, 0.5) is 0 Å². The number of hydrogen-bond donors (Lipinski definition) is 0. The summed E-state index contributed by atoms with van der Waals surface area (Å²) in [6.07, 6.45) is 6.56. The lowest BCUT2D eigenvalue weighted by atomic mass is 10.2. The fourth-order valence-electron chi connectivity index (χ4n) is 2.88. The molecule has 22 heavy (non-hydrogen) atoms. The minimum atomic E-state index is 0.917. The summed E-state index contributed by atoms with van der Waals surface area (Å²) < 4.78 is 2.36. The van der Waals surface area contributed by atoms with Gasteiger partial charge in [-0.25, -0.2) is 0 Å². The maximum absolute atomic E-state index is 2.36. The largest absolute Gasteiger partial charge is 0.310 e. The lowest BCUT2D eigenvalue weighted by Gasteiger charge is -2.11. The molecule has 0 aliphatic carbocycles. The summed E-state index contributed by atoms with van der Waals surface area (Å²) in [6.45, 7) is 2.98. The van der Waals surface area contributed by atoms with E-state index >= 15 is 0 Å². The molecule has 0 unspecified atom stereocenters. The van der Waals surface area contributed by atoms with Gasteiger partial charge in [0.1, 0.15) is 0 Å². The number of benzene rings is 2. The predicted molar refractivity (Wildman–Crippen MR) is 97.1 cm³/mol. The third kappa shape index (κ3) is 2.58. The Bertz CT molecular complexity index is 797. The van der Waals surface area contributed by atoms with Gasteiger partial charge < -0.3 is 9.47 Å². The second-order valence-electron chi connectivity index (χ2n) is 5.76. The third-order valence-electron chi connectivity index (χ3n) is 3.84. The topological polar surface area (TPSA) is 8.17 Å². The molecule has 3 rings (SSSR count). The van der Waals surface area contributed by atoms with E-state index in [4.69, 9.17) is 0 Å². The van der Waals surface area contributed by atoms with Gasteiger partial charge in [0.15, 0.2) is 0 Å². The molecule has 0 saturated heterocycles. The lowest BCUT2D eigenvalue weighted by Crippen LogP contribution is -2.11. The molecule has 0 atom stereocenters. The number of nitrogens with zero attached hydrogens (tertiary/aromatic N) is 2. The van der Waals surface area contributed by atoms with Crippen LogP contribution in [0.15, 0.2) is 66.8 Å². The van der Waals surface area contributed by atoms with Gasteiger partial charge in [0.2, 0.25) is 0 Å². The molecule has 0 bridgehead atoms. The minimum absolute atomic E-state index is 0.917. The van der Waals surface area contributed by atoms with Crippen molar-refractivity contribution in [2.45, 2.75) is 6.92 Å². The van der Waals surface area contributed by atoms with Crippen molar-refractivity contribution < 1.29 is 0 Å². The van der Waals surface area contributed by atoms with Crippen LogP contribution in [0.2, 0.25) is 0 Å². The van der Waals surface area contributed by atoms with Crippen LogP contribution in [0.5, 0.6) is 0 Å². The van der Waals surface area contributed by atoms with E-state index in [0.717, 1.165) is 6.54 Å². The van der Waals surface area contributed by atoms with E-state index in [-0.39, 0.29) is 0 Å². The first kappa shape index (κ1) is 14.6. The van der Waals surface area contributed by atoms with E-state index in [1.807, 2.05) is 0 Å². The molecular weight excluding hydrogens is 268 g/mol. The Morgan fingerprint density at radius 3 is 2.00 bits per heavy atom. The van der Waals surface area contributed by atoms with Gasteiger partial charge in [-0.3, -0.25) is 0 Å². The number of aromatic nitrogens is 1. The van der Waals surface area contributed by atoms with Crippen LogP contribution < -0.4 is 0 Å². The van der Waals surface area contributed by atoms with Crippen molar-refractivity contribution in [1.29, 1.82) is 0 Å². The van der Waals surface area contributed by atoms with Crippen LogP contribution in [0.3, 0.4) is 0 Å². The number of fused-ring (bicyclic) bond motifs is 3. The summed E-state index contributed by atoms with van der Waals surface area (Å²) in [5, 5.41) is 2.61. The quantitative estimate of drug-likeness (QED) is 0.628. The number of likely N-dealkylation sites (N-methyl/N-ethyl adjacent to an activating group) is 1. The van der Waals surface area contributed by atoms with E-state index < -0.39 is 0 Å². The Morgan fingerprint density at radius 1 is 0.955 bits per heavy atom. The molecule has 0 aliphatic rings. The van der Waals surface area contributed by atoms with E-state index in [2.05, 4.69) is 97.2 Å². The number of rotatable bonds is 4. The van der Waals surface area contributed by atoms with Gasteiger partial charge >= 0.3 is 0 Å². The summed E-state index contributed by atoms with van der Waals surface area (Å²) in [5.74, 6) is 0. The summed E-state index contributed by atoms with van der Waals surface area (Å²) >= 11 is 0. The van der Waals surface area contributed by atoms with Crippen molar-refractivity contribution in [1.82, 2.24) is 9.47 Å². The van der Waals surface area contributed by atoms with Gasteiger partial charge in [-0.05, 0) is 45.3 Å².